The van der Waals surface area contributed by atoms with E-state index in [-0.39, 0.29) is 11.6 Å². The fourth-order valence-corrected chi connectivity index (χ4v) is 2.34. The zero-order valence-electron chi connectivity index (χ0n) is 14.5. The summed E-state index contributed by atoms with van der Waals surface area (Å²) in [5, 5.41) is 2.26. The maximum Gasteiger partial charge on any atom is 0.418 e. The van der Waals surface area contributed by atoms with Crippen LogP contribution in [0.4, 0.5) is 23.7 Å². The van der Waals surface area contributed by atoms with Gasteiger partial charge in [-0.05, 0) is 35.9 Å². The second-order valence-electron chi connectivity index (χ2n) is 5.74. The molecule has 2 aromatic carbocycles. The van der Waals surface area contributed by atoms with Crippen LogP contribution in [0.2, 0.25) is 0 Å². The molecule has 1 amide bonds. The van der Waals surface area contributed by atoms with E-state index in [0.29, 0.717) is 5.69 Å². The molecule has 4 nitrogen and oxygen atoms in total. The number of ether oxygens (including phenoxy) is 1. The average molecular weight is 384 g/mol. The maximum atomic E-state index is 12.7. The summed E-state index contributed by atoms with van der Waals surface area (Å²) < 4.78 is 43.3. The minimum absolute atomic E-state index is 0.0275. The number of aromatic nitrogens is 1. The van der Waals surface area contributed by atoms with Crippen molar-refractivity contribution in [1.82, 2.24) is 4.98 Å². The molecule has 0 unspecified atom stereocenters. The molecule has 142 valence electrons. The van der Waals surface area contributed by atoms with Crippen LogP contribution in [0.25, 0.3) is 12.2 Å². The summed E-state index contributed by atoms with van der Waals surface area (Å²) in [5.74, 6) is 0.0275. The molecule has 0 saturated carbocycles. The van der Waals surface area contributed by atoms with E-state index in [0.717, 1.165) is 17.7 Å². The average Bonchev–Trinajstić information content (AvgIpc) is 2.67. The number of nitrogens with zero attached hydrogens (tertiary/aromatic N) is 1. The van der Waals surface area contributed by atoms with E-state index >= 15 is 0 Å². The summed E-state index contributed by atoms with van der Waals surface area (Å²) in [4.78, 5) is 16.1. The van der Waals surface area contributed by atoms with E-state index in [9.17, 15) is 18.0 Å². The first-order chi connectivity index (χ1) is 13.4. The lowest BCUT2D eigenvalue weighted by Gasteiger charge is -2.10. The highest BCUT2D eigenvalue weighted by atomic mass is 19.4. The number of halogens is 3. The van der Waals surface area contributed by atoms with Crippen LogP contribution in [-0.2, 0) is 6.18 Å². The third-order valence-electron chi connectivity index (χ3n) is 3.62. The molecule has 0 aliphatic carbocycles. The van der Waals surface area contributed by atoms with Gasteiger partial charge in [-0.25, -0.2) is 9.78 Å². The Kier molecular flexibility index (Phi) is 5.74. The first-order valence-corrected chi connectivity index (χ1v) is 8.26. The van der Waals surface area contributed by atoms with E-state index in [2.05, 4.69) is 10.3 Å². The molecule has 0 atom stereocenters. The van der Waals surface area contributed by atoms with Gasteiger partial charge >= 0.3 is 12.3 Å². The predicted molar refractivity (Wildman–Crippen MR) is 101 cm³/mol. The molecule has 0 aliphatic rings. The molecule has 1 heterocycles. The Balaban J connectivity index is 1.65. The first-order valence-electron chi connectivity index (χ1n) is 8.26. The topological polar surface area (TPSA) is 51.2 Å². The number of amides is 1. The summed E-state index contributed by atoms with van der Waals surface area (Å²) in [5.41, 5.74) is 0.655. The zero-order chi connectivity index (χ0) is 20.0. The van der Waals surface area contributed by atoms with E-state index in [1.165, 1.54) is 18.2 Å². The normalized spacial score (nSPS) is 11.4. The van der Waals surface area contributed by atoms with Gasteiger partial charge in [-0.15, -0.1) is 0 Å². The monoisotopic (exact) mass is 384 g/mol. The SMILES string of the molecule is O=C(Nc1cccc(C(F)(F)F)c1)Oc1cccc(C=Cc2ccccc2)n1. The molecule has 1 aromatic heterocycles. The molecular formula is C21H15F3N2O2. The second-order valence-corrected chi connectivity index (χ2v) is 5.74. The Morgan fingerprint density at radius 1 is 0.929 bits per heavy atom. The number of hydrogen-bond donors (Lipinski definition) is 1. The van der Waals surface area contributed by atoms with Gasteiger partial charge in [0.1, 0.15) is 0 Å². The number of nitrogens with one attached hydrogen (secondary N) is 1. The van der Waals surface area contributed by atoms with Crippen LogP contribution in [0.3, 0.4) is 0 Å². The number of carbonyl (C=O) groups is 1. The molecule has 0 saturated heterocycles. The molecular weight excluding hydrogens is 369 g/mol. The molecule has 0 spiro atoms. The fraction of sp³-hybridized carbons (Fsp3) is 0.0476. The van der Waals surface area contributed by atoms with Crippen molar-refractivity contribution in [3.63, 3.8) is 0 Å². The van der Waals surface area contributed by atoms with Gasteiger partial charge in [-0.1, -0.05) is 48.5 Å². The number of pyridine rings is 1. The quantitative estimate of drug-likeness (QED) is 0.611. The minimum Gasteiger partial charge on any atom is -0.391 e. The summed E-state index contributed by atoms with van der Waals surface area (Å²) in [6, 6.07) is 18.7. The lowest BCUT2D eigenvalue weighted by molar-refractivity contribution is -0.137. The van der Waals surface area contributed by atoms with Crippen LogP contribution in [0.5, 0.6) is 5.88 Å². The van der Waals surface area contributed by atoms with Crippen molar-refractivity contribution in [1.29, 1.82) is 0 Å². The Labute approximate surface area is 159 Å². The van der Waals surface area contributed by atoms with Crippen LogP contribution >= 0.6 is 0 Å². The number of benzene rings is 2. The summed E-state index contributed by atoms with van der Waals surface area (Å²) in [6.07, 6.45) is -1.82. The van der Waals surface area contributed by atoms with Gasteiger partial charge in [0.05, 0.1) is 11.3 Å². The summed E-state index contributed by atoms with van der Waals surface area (Å²) in [7, 11) is 0. The Hall–Kier alpha value is -3.61. The molecule has 1 N–H and O–H groups in total. The highest BCUT2D eigenvalue weighted by Crippen LogP contribution is 2.30. The third kappa shape index (κ3) is 5.44. The van der Waals surface area contributed by atoms with Gasteiger partial charge in [0.2, 0.25) is 5.88 Å². The van der Waals surface area contributed by atoms with E-state index < -0.39 is 17.8 Å². The van der Waals surface area contributed by atoms with Crippen molar-refractivity contribution in [3.05, 3.63) is 89.6 Å². The number of alkyl halides is 3. The van der Waals surface area contributed by atoms with Crippen molar-refractivity contribution in [2.45, 2.75) is 6.18 Å². The largest absolute Gasteiger partial charge is 0.418 e. The fourth-order valence-electron chi connectivity index (χ4n) is 2.34. The molecule has 0 radical (unpaired) electrons. The molecule has 3 rings (SSSR count). The molecule has 3 aromatic rings. The van der Waals surface area contributed by atoms with E-state index in [1.807, 2.05) is 36.4 Å². The molecule has 28 heavy (non-hydrogen) atoms. The predicted octanol–water partition coefficient (Wildman–Crippen LogP) is 5.88. The molecule has 0 bridgehead atoms. The van der Waals surface area contributed by atoms with Crippen molar-refractivity contribution < 1.29 is 22.7 Å². The summed E-state index contributed by atoms with van der Waals surface area (Å²) >= 11 is 0. The first kappa shape index (κ1) is 19.2. The lowest BCUT2D eigenvalue weighted by Crippen LogP contribution is -2.18. The molecule has 0 fully saturated rings. The van der Waals surface area contributed by atoms with Crippen LogP contribution in [0, 0.1) is 0 Å². The van der Waals surface area contributed by atoms with Crippen LogP contribution < -0.4 is 10.1 Å². The second kappa shape index (κ2) is 8.39. The van der Waals surface area contributed by atoms with E-state index in [4.69, 9.17) is 4.74 Å². The smallest absolute Gasteiger partial charge is 0.391 e. The number of carbonyl (C=O) groups excluding carboxylic acids is 1. The van der Waals surface area contributed by atoms with Gasteiger partial charge in [-0.2, -0.15) is 13.2 Å². The van der Waals surface area contributed by atoms with Gasteiger partial charge in [-0.3, -0.25) is 5.32 Å². The van der Waals surface area contributed by atoms with E-state index in [1.54, 1.807) is 18.2 Å². The van der Waals surface area contributed by atoms with Crippen LogP contribution in [0.1, 0.15) is 16.8 Å². The summed E-state index contributed by atoms with van der Waals surface area (Å²) in [6.45, 7) is 0. The maximum absolute atomic E-state index is 12.7. The standard InChI is InChI=1S/C21H15F3N2O2/c22-21(23,24)16-8-4-10-18(14-16)26-20(27)28-19-11-5-9-17(25-19)13-12-15-6-2-1-3-7-15/h1-14H,(H,26,27). The van der Waals surface area contributed by atoms with Crippen LogP contribution in [-0.4, -0.2) is 11.1 Å². The Bertz CT molecular complexity index is 986. The van der Waals surface area contributed by atoms with Gasteiger partial charge in [0.25, 0.3) is 0 Å². The lowest BCUT2D eigenvalue weighted by atomic mass is 10.2. The Morgan fingerprint density at radius 2 is 1.68 bits per heavy atom. The zero-order valence-corrected chi connectivity index (χ0v) is 14.5. The number of hydrogen-bond acceptors (Lipinski definition) is 3. The molecule has 7 heteroatoms. The van der Waals surface area contributed by atoms with Crippen molar-refractivity contribution in [2.75, 3.05) is 5.32 Å². The van der Waals surface area contributed by atoms with Crippen LogP contribution in [0.15, 0.2) is 72.8 Å². The van der Waals surface area contributed by atoms with Crippen molar-refractivity contribution in [3.8, 4) is 5.88 Å². The molecule has 0 aliphatic heterocycles. The number of anilines is 1. The van der Waals surface area contributed by atoms with Gasteiger partial charge < -0.3 is 4.74 Å². The van der Waals surface area contributed by atoms with Crippen molar-refractivity contribution in [2.24, 2.45) is 0 Å². The van der Waals surface area contributed by atoms with Gasteiger partial charge in [0.15, 0.2) is 0 Å². The van der Waals surface area contributed by atoms with Crippen molar-refractivity contribution >= 4 is 23.9 Å². The highest BCUT2D eigenvalue weighted by Gasteiger charge is 2.30. The van der Waals surface area contributed by atoms with Gasteiger partial charge in [0, 0.05) is 11.8 Å². The third-order valence-corrected chi connectivity index (χ3v) is 3.62. The highest BCUT2D eigenvalue weighted by molar-refractivity contribution is 5.86. The number of rotatable bonds is 4. The Morgan fingerprint density at radius 3 is 2.43 bits per heavy atom. The minimum atomic E-state index is -4.50.